The Kier molecular flexibility index (Phi) is 4.90. The zero-order valence-electron chi connectivity index (χ0n) is 9.66. The van der Waals surface area contributed by atoms with Gasteiger partial charge < -0.3 is 16.8 Å². The smallest absolute Gasteiger partial charge is 0.318 e. The highest BCUT2D eigenvalue weighted by Crippen LogP contribution is 2.11. The molecule has 16 heavy (non-hydrogen) atoms. The van der Waals surface area contributed by atoms with Gasteiger partial charge in [0.05, 0.1) is 11.5 Å². The van der Waals surface area contributed by atoms with Crippen molar-refractivity contribution in [2.24, 2.45) is 16.9 Å². The molecule has 0 aromatic rings. The largest absolute Gasteiger partial charge is 0.369 e. The zero-order chi connectivity index (χ0) is 12.9. The molecule has 0 saturated carbocycles. The summed E-state index contributed by atoms with van der Waals surface area (Å²) in [5.74, 6) is -1.02. The molecule has 0 saturated heterocycles. The highest BCUT2D eigenvalue weighted by molar-refractivity contribution is 5.96. The van der Waals surface area contributed by atoms with Crippen LogP contribution in [0, 0.1) is 5.41 Å². The molecule has 0 aromatic carbocycles. The predicted molar refractivity (Wildman–Crippen MR) is 58.2 cm³/mol. The highest BCUT2D eigenvalue weighted by atomic mass is 16.2. The van der Waals surface area contributed by atoms with Crippen molar-refractivity contribution >= 4 is 17.8 Å². The quantitative estimate of drug-likeness (QED) is 0.466. The number of nitrogens with one attached hydrogen (secondary N) is 2. The molecule has 0 aliphatic carbocycles. The number of primary amides is 2. The van der Waals surface area contributed by atoms with Crippen LogP contribution < -0.4 is 22.1 Å². The molecule has 0 aromatic heterocycles. The van der Waals surface area contributed by atoms with Gasteiger partial charge in [-0.05, 0) is 20.8 Å². The molecule has 7 heteroatoms. The minimum absolute atomic E-state index is 0.232. The van der Waals surface area contributed by atoms with E-state index >= 15 is 0 Å². The molecule has 0 heterocycles. The van der Waals surface area contributed by atoms with Crippen molar-refractivity contribution in [3.8, 4) is 0 Å². The Morgan fingerprint density at radius 2 is 1.75 bits per heavy atom. The first-order chi connectivity index (χ1) is 7.16. The average molecular weight is 230 g/mol. The molecule has 1 unspecified atom stereocenters. The fourth-order valence-electron chi connectivity index (χ4n) is 0.818. The first-order valence-electron chi connectivity index (χ1n) is 4.80. The number of urea groups is 1. The van der Waals surface area contributed by atoms with Crippen LogP contribution in [0.4, 0.5) is 4.79 Å². The molecular formula is C9H18N4O3. The van der Waals surface area contributed by atoms with E-state index < -0.39 is 29.3 Å². The van der Waals surface area contributed by atoms with Crippen LogP contribution in [0.5, 0.6) is 0 Å². The Morgan fingerprint density at radius 3 is 2.12 bits per heavy atom. The number of rotatable bonds is 5. The summed E-state index contributed by atoms with van der Waals surface area (Å²) in [5.41, 5.74) is 9.19. The zero-order valence-corrected chi connectivity index (χ0v) is 9.66. The number of amides is 4. The summed E-state index contributed by atoms with van der Waals surface area (Å²) >= 11 is 0. The van der Waals surface area contributed by atoms with Gasteiger partial charge in [0.25, 0.3) is 0 Å². The van der Waals surface area contributed by atoms with E-state index in [9.17, 15) is 14.4 Å². The van der Waals surface area contributed by atoms with Gasteiger partial charge in [0, 0.05) is 6.54 Å². The molecular weight excluding hydrogens is 212 g/mol. The Morgan fingerprint density at radius 1 is 1.25 bits per heavy atom. The summed E-state index contributed by atoms with van der Waals surface area (Å²) in [5, 5.41) is 4.72. The summed E-state index contributed by atoms with van der Waals surface area (Å²) in [4.78, 5) is 32.7. The summed E-state index contributed by atoms with van der Waals surface area (Å²) in [6, 6.07) is -1.54. The van der Waals surface area contributed by atoms with Gasteiger partial charge in [-0.3, -0.25) is 14.9 Å². The molecule has 0 radical (unpaired) electrons. The maximum Gasteiger partial charge on any atom is 0.318 e. The highest BCUT2D eigenvalue weighted by Gasteiger charge is 2.26. The van der Waals surface area contributed by atoms with Gasteiger partial charge in [-0.2, -0.15) is 0 Å². The van der Waals surface area contributed by atoms with Crippen molar-refractivity contribution < 1.29 is 14.4 Å². The molecule has 92 valence electrons. The van der Waals surface area contributed by atoms with Crippen LogP contribution in [0.25, 0.3) is 0 Å². The van der Waals surface area contributed by atoms with Gasteiger partial charge in [0.15, 0.2) is 0 Å². The van der Waals surface area contributed by atoms with Crippen LogP contribution in [0.15, 0.2) is 0 Å². The third kappa shape index (κ3) is 4.74. The lowest BCUT2D eigenvalue weighted by molar-refractivity contribution is -0.127. The molecule has 0 fully saturated rings. The first-order valence-corrected chi connectivity index (χ1v) is 4.80. The predicted octanol–water partition coefficient (Wildman–Crippen LogP) is -1.33. The van der Waals surface area contributed by atoms with E-state index in [2.05, 4.69) is 5.32 Å². The van der Waals surface area contributed by atoms with E-state index in [-0.39, 0.29) is 6.54 Å². The maximum atomic E-state index is 11.2. The SMILES string of the molecule is CC(NCC(C)(C)C(N)=O)C(=O)NC(N)=O. The van der Waals surface area contributed by atoms with Gasteiger partial charge in [0.1, 0.15) is 0 Å². The molecule has 7 nitrogen and oxygen atoms in total. The summed E-state index contributed by atoms with van der Waals surface area (Å²) < 4.78 is 0. The van der Waals surface area contributed by atoms with E-state index in [4.69, 9.17) is 11.5 Å². The fourth-order valence-corrected chi connectivity index (χ4v) is 0.818. The van der Waals surface area contributed by atoms with Gasteiger partial charge in [-0.1, -0.05) is 0 Å². The van der Waals surface area contributed by atoms with Gasteiger partial charge in [-0.25, -0.2) is 4.79 Å². The van der Waals surface area contributed by atoms with Crippen molar-refractivity contribution in [1.82, 2.24) is 10.6 Å². The molecule has 0 bridgehead atoms. The van der Waals surface area contributed by atoms with Gasteiger partial charge in [0.2, 0.25) is 11.8 Å². The molecule has 0 rings (SSSR count). The van der Waals surface area contributed by atoms with Crippen LogP contribution in [-0.2, 0) is 9.59 Å². The number of hydrogen-bond acceptors (Lipinski definition) is 4. The lowest BCUT2D eigenvalue weighted by Gasteiger charge is -2.23. The third-order valence-electron chi connectivity index (χ3n) is 2.16. The van der Waals surface area contributed by atoms with Gasteiger partial charge in [-0.15, -0.1) is 0 Å². The second kappa shape index (κ2) is 5.45. The Labute approximate surface area is 93.9 Å². The Hall–Kier alpha value is -1.63. The molecule has 0 aliphatic heterocycles. The number of carbonyl (C=O) groups is 3. The van der Waals surface area contributed by atoms with Crippen LogP contribution in [0.2, 0.25) is 0 Å². The second-order valence-corrected chi connectivity index (χ2v) is 4.20. The summed E-state index contributed by atoms with van der Waals surface area (Å²) in [6.07, 6.45) is 0. The molecule has 0 aliphatic rings. The van der Waals surface area contributed by atoms with E-state index in [1.165, 1.54) is 0 Å². The molecule has 1 atom stereocenters. The van der Waals surface area contributed by atoms with Crippen LogP contribution in [0.3, 0.4) is 0 Å². The Bertz CT molecular complexity index is 301. The lowest BCUT2D eigenvalue weighted by Crippen LogP contribution is -2.50. The van der Waals surface area contributed by atoms with Gasteiger partial charge >= 0.3 is 6.03 Å². The Balaban J connectivity index is 4.17. The monoisotopic (exact) mass is 230 g/mol. The fraction of sp³-hybridized carbons (Fsp3) is 0.667. The van der Waals surface area contributed by atoms with Crippen molar-refractivity contribution in [2.75, 3.05) is 6.54 Å². The van der Waals surface area contributed by atoms with Crippen molar-refractivity contribution in [1.29, 1.82) is 0 Å². The van der Waals surface area contributed by atoms with E-state index in [1.807, 2.05) is 5.32 Å². The first kappa shape index (κ1) is 14.4. The van der Waals surface area contributed by atoms with Crippen molar-refractivity contribution in [3.05, 3.63) is 0 Å². The van der Waals surface area contributed by atoms with E-state index in [1.54, 1.807) is 20.8 Å². The minimum atomic E-state index is -0.909. The number of hydrogen-bond donors (Lipinski definition) is 4. The number of nitrogens with two attached hydrogens (primary N) is 2. The van der Waals surface area contributed by atoms with Crippen molar-refractivity contribution in [2.45, 2.75) is 26.8 Å². The van der Waals surface area contributed by atoms with Crippen LogP contribution >= 0.6 is 0 Å². The number of carbonyl (C=O) groups excluding carboxylic acids is 3. The molecule has 6 N–H and O–H groups in total. The molecule has 0 spiro atoms. The van der Waals surface area contributed by atoms with E-state index in [0.29, 0.717) is 0 Å². The standard InChI is InChI=1S/C9H18N4O3/c1-5(6(14)13-8(11)16)12-4-9(2,3)7(10)15/h5,12H,4H2,1-3H3,(H2,10,15)(H3,11,13,14,16). The summed E-state index contributed by atoms with van der Waals surface area (Å²) in [6.45, 7) is 5.09. The van der Waals surface area contributed by atoms with Crippen LogP contribution in [0.1, 0.15) is 20.8 Å². The topological polar surface area (TPSA) is 127 Å². The van der Waals surface area contributed by atoms with E-state index in [0.717, 1.165) is 0 Å². The third-order valence-corrected chi connectivity index (χ3v) is 2.16. The van der Waals surface area contributed by atoms with Crippen LogP contribution in [-0.4, -0.2) is 30.4 Å². The number of imide groups is 1. The minimum Gasteiger partial charge on any atom is -0.369 e. The lowest BCUT2D eigenvalue weighted by atomic mass is 9.92. The normalized spacial score (nSPS) is 12.9. The molecule has 4 amide bonds. The maximum absolute atomic E-state index is 11.2. The average Bonchev–Trinajstić information content (AvgIpc) is 2.12. The summed E-state index contributed by atoms with van der Waals surface area (Å²) in [7, 11) is 0. The second-order valence-electron chi connectivity index (χ2n) is 4.20. The van der Waals surface area contributed by atoms with Crippen molar-refractivity contribution in [3.63, 3.8) is 0 Å².